The number of hydrogen-bond acceptors (Lipinski definition) is 4. The van der Waals surface area contributed by atoms with Crippen molar-refractivity contribution in [2.24, 2.45) is 0 Å². The molecule has 0 spiro atoms. The highest BCUT2D eigenvalue weighted by Crippen LogP contribution is 2.20. The fourth-order valence-electron chi connectivity index (χ4n) is 1.50. The van der Waals surface area contributed by atoms with Gasteiger partial charge in [0.15, 0.2) is 0 Å². The molecule has 0 saturated carbocycles. The molecule has 0 radical (unpaired) electrons. The van der Waals surface area contributed by atoms with E-state index in [4.69, 9.17) is 9.47 Å². The molecule has 0 fully saturated rings. The van der Waals surface area contributed by atoms with Crippen LogP contribution in [0.3, 0.4) is 0 Å². The zero-order valence-corrected chi connectivity index (χ0v) is 9.14. The quantitative estimate of drug-likeness (QED) is 0.736. The minimum atomic E-state index is -0.469. The van der Waals surface area contributed by atoms with Crippen LogP contribution in [0.2, 0.25) is 0 Å². The Bertz CT molecular complexity index is 519. The summed E-state index contributed by atoms with van der Waals surface area (Å²) in [4.78, 5) is 15.8. The Hall–Kier alpha value is -2.04. The van der Waals surface area contributed by atoms with Gasteiger partial charge < -0.3 is 9.47 Å². The molecule has 0 atom stereocenters. The predicted octanol–water partition coefficient (Wildman–Crippen LogP) is 1.52. The average molecular weight is 220 g/mol. The predicted molar refractivity (Wildman–Crippen MR) is 57.7 cm³/mol. The Balaban J connectivity index is 2.56. The van der Waals surface area contributed by atoms with Gasteiger partial charge in [0.2, 0.25) is 11.6 Å². The number of ether oxygens (including phenoxy) is 2. The lowest BCUT2D eigenvalue weighted by Crippen LogP contribution is -2.07. The molecule has 84 valence electrons. The summed E-state index contributed by atoms with van der Waals surface area (Å²) in [5.41, 5.74) is 0.859. The Morgan fingerprint density at radius 2 is 2.31 bits per heavy atom. The zero-order valence-electron chi connectivity index (χ0n) is 9.14. The number of carbonyl (C=O) groups is 1. The number of pyridine rings is 1. The SMILES string of the molecule is CCOC(=O)c1nc2ccccn2c1OC. The van der Waals surface area contributed by atoms with Crippen LogP contribution in [0.4, 0.5) is 0 Å². The van der Waals surface area contributed by atoms with Crippen molar-refractivity contribution in [2.45, 2.75) is 6.92 Å². The van der Waals surface area contributed by atoms with Crippen molar-refractivity contribution in [1.29, 1.82) is 0 Å². The minimum Gasteiger partial charge on any atom is -0.480 e. The largest absolute Gasteiger partial charge is 0.480 e. The number of methoxy groups -OCH3 is 1. The maximum atomic E-state index is 11.6. The lowest BCUT2D eigenvalue weighted by atomic mass is 10.4. The van der Waals surface area contributed by atoms with E-state index in [9.17, 15) is 4.79 Å². The van der Waals surface area contributed by atoms with Crippen LogP contribution in [0.25, 0.3) is 5.65 Å². The lowest BCUT2D eigenvalue weighted by molar-refractivity contribution is 0.0516. The molecular weight excluding hydrogens is 208 g/mol. The third-order valence-electron chi connectivity index (χ3n) is 2.15. The second-order valence-electron chi connectivity index (χ2n) is 3.12. The summed E-state index contributed by atoms with van der Waals surface area (Å²) in [7, 11) is 1.50. The lowest BCUT2D eigenvalue weighted by Gasteiger charge is -2.02. The summed E-state index contributed by atoms with van der Waals surface area (Å²) in [6.45, 7) is 2.07. The summed E-state index contributed by atoms with van der Waals surface area (Å²) in [6, 6.07) is 5.48. The number of fused-ring (bicyclic) bond motifs is 1. The highest BCUT2D eigenvalue weighted by atomic mass is 16.5. The number of aromatic nitrogens is 2. The second-order valence-corrected chi connectivity index (χ2v) is 3.12. The molecule has 0 amide bonds. The smallest absolute Gasteiger partial charge is 0.362 e. The molecule has 0 bridgehead atoms. The molecule has 2 rings (SSSR count). The number of imidazole rings is 1. The van der Waals surface area contributed by atoms with Gasteiger partial charge in [0.05, 0.1) is 13.7 Å². The Morgan fingerprint density at radius 3 is 3.00 bits per heavy atom. The minimum absolute atomic E-state index is 0.204. The molecule has 16 heavy (non-hydrogen) atoms. The first-order valence-corrected chi connectivity index (χ1v) is 4.96. The van der Waals surface area contributed by atoms with Crippen molar-refractivity contribution in [3.63, 3.8) is 0 Å². The molecular formula is C11H12N2O3. The number of esters is 1. The van der Waals surface area contributed by atoms with Crippen LogP contribution in [-0.2, 0) is 4.74 Å². The van der Waals surface area contributed by atoms with E-state index >= 15 is 0 Å². The van der Waals surface area contributed by atoms with Crippen LogP contribution in [0.1, 0.15) is 17.4 Å². The molecule has 0 unspecified atom stereocenters. The molecule has 0 saturated heterocycles. The number of nitrogens with zero attached hydrogens (tertiary/aromatic N) is 2. The Kier molecular flexibility index (Phi) is 2.76. The zero-order chi connectivity index (χ0) is 11.5. The third kappa shape index (κ3) is 1.60. The number of rotatable bonds is 3. The monoisotopic (exact) mass is 220 g/mol. The van der Waals surface area contributed by atoms with E-state index < -0.39 is 5.97 Å². The molecule has 0 aromatic carbocycles. The third-order valence-corrected chi connectivity index (χ3v) is 2.15. The van der Waals surface area contributed by atoms with Crippen molar-refractivity contribution in [2.75, 3.05) is 13.7 Å². The van der Waals surface area contributed by atoms with Crippen molar-refractivity contribution >= 4 is 11.6 Å². The fraction of sp³-hybridized carbons (Fsp3) is 0.273. The highest BCUT2D eigenvalue weighted by molar-refractivity contribution is 5.91. The van der Waals surface area contributed by atoms with Crippen LogP contribution in [0.5, 0.6) is 5.88 Å². The highest BCUT2D eigenvalue weighted by Gasteiger charge is 2.20. The van der Waals surface area contributed by atoms with E-state index in [0.29, 0.717) is 18.1 Å². The van der Waals surface area contributed by atoms with E-state index in [1.165, 1.54) is 7.11 Å². The van der Waals surface area contributed by atoms with Gasteiger partial charge in [0, 0.05) is 6.20 Å². The maximum Gasteiger partial charge on any atom is 0.362 e. The van der Waals surface area contributed by atoms with Gasteiger partial charge in [-0.15, -0.1) is 0 Å². The number of carbonyl (C=O) groups excluding carboxylic acids is 1. The van der Waals surface area contributed by atoms with Crippen LogP contribution >= 0.6 is 0 Å². The van der Waals surface area contributed by atoms with Gasteiger partial charge in [-0.05, 0) is 19.1 Å². The van der Waals surface area contributed by atoms with E-state index in [-0.39, 0.29) is 5.69 Å². The van der Waals surface area contributed by atoms with E-state index in [1.807, 2.05) is 12.1 Å². The van der Waals surface area contributed by atoms with Crippen molar-refractivity contribution in [1.82, 2.24) is 9.38 Å². The molecule has 2 aromatic heterocycles. The van der Waals surface area contributed by atoms with Crippen molar-refractivity contribution in [3.8, 4) is 5.88 Å². The van der Waals surface area contributed by atoms with E-state index in [2.05, 4.69) is 4.98 Å². The molecule has 2 heterocycles. The fourth-order valence-corrected chi connectivity index (χ4v) is 1.50. The normalized spacial score (nSPS) is 10.4. The molecule has 0 aliphatic carbocycles. The Labute approximate surface area is 92.6 Å². The molecule has 0 aliphatic heterocycles. The van der Waals surface area contributed by atoms with Crippen LogP contribution in [-0.4, -0.2) is 29.1 Å². The van der Waals surface area contributed by atoms with Gasteiger partial charge in [-0.1, -0.05) is 6.07 Å². The molecule has 2 aromatic rings. The first kappa shape index (κ1) is 10.5. The number of hydrogen-bond donors (Lipinski definition) is 0. The van der Waals surface area contributed by atoms with Gasteiger partial charge in [-0.3, -0.25) is 4.40 Å². The van der Waals surface area contributed by atoms with Gasteiger partial charge in [-0.25, -0.2) is 9.78 Å². The first-order chi connectivity index (χ1) is 7.77. The maximum absolute atomic E-state index is 11.6. The summed E-state index contributed by atoms with van der Waals surface area (Å²) in [5, 5.41) is 0. The van der Waals surface area contributed by atoms with Gasteiger partial charge in [0.1, 0.15) is 5.65 Å². The van der Waals surface area contributed by atoms with Crippen LogP contribution in [0, 0.1) is 0 Å². The van der Waals surface area contributed by atoms with Gasteiger partial charge >= 0.3 is 5.97 Å². The topological polar surface area (TPSA) is 52.8 Å². The van der Waals surface area contributed by atoms with Crippen molar-refractivity contribution < 1.29 is 14.3 Å². The second kappa shape index (κ2) is 4.22. The standard InChI is InChI=1S/C11H12N2O3/c1-3-16-11(14)9-10(15-2)13-7-5-4-6-8(13)12-9/h4-7H,3H2,1-2H3. The van der Waals surface area contributed by atoms with Crippen molar-refractivity contribution in [3.05, 3.63) is 30.1 Å². The van der Waals surface area contributed by atoms with E-state index in [0.717, 1.165) is 0 Å². The van der Waals surface area contributed by atoms with Crippen LogP contribution < -0.4 is 4.74 Å². The molecule has 5 heteroatoms. The summed E-state index contributed by atoms with van der Waals surface area (Å²) < 4.78 is 11.8. The van der Waals surface area contributed by atoms with Gasteiger partial charge in [-0.2, -0.15) is 0 Å². The summed E-state index contributed by atoms with van der Waals surface area (Å²) in [5.74, 6) is -0.0721. The molecule has 0 N–H and O–H groups in total. The van der Waals surface area contributed by atoms with E-state index in [1.54, 1.807) is 23.6 Å². The van der Waals surface area contributed by atoms with Gasteiger partial charge in [0.25, 0.3) is 0 Å². The Morgan fingerprint density at radius 1 is 1.50 bits per heavy atom. The molecule has 0 aliphatic rings. The first-order valence-electron chi connectivity index (χ1n) is 4.96. The van der Waals surface area contributed by atoms with Crippen LogP contribution in [0.15, 0.2) is 24.4 Å². The summed E-state index contributed by atoms with van der Waals surface area (Å²) in [6.07, 6.45) is 1.78. The molecule has 5 nitrogen and oxygen atoms in total. The average Bonchev–Trinajstić information content (AvgIpc) is 2.67. The summed E-state index contributed by atoms with van der Waals surface area (Å²) >= 11 is 0.